The number of benzene rings is 1. The van der Waals surface area contributed by atoms with Crippen LogP contribution in [-0.4, -0.2) is 6.61 Å². The molecule has 0 saturated carbocycles. The van der Waals surface area contributed by atoms with E-state index in [9.17, 15) is 4.79 Å². The van der Waals surface area contributed by atoms with Crippen molar-refractivity contribution in [2.45, 2.75) is 13.8 Å². The number of rotatable bonds is 0. The van der Waals surface area contributed by atoms with Crippen molar-refractivity contribution in [3.63, 3.8) is 0 Å². The monoisotopic (exact) mass is 228 g/mol. The molecule has 0 bridgehead atoms. The molecule has 3 heteroatoms. The molecule has 0 atom stereocenters. The van der Waals surface area contributed by atoms with E-state index in [2.05, 4.69) is 0 Å². The van der Waals surface area contributed by atoms with Gasteiger partial charge in [0.25, 0.3) is 0 Å². The maximum atomic E-state index is 11.4. The summed E-state index contributed by atoms with van der Waals surface area (Å²) in [5.74, 6) is 0.775. The molecule has 1 aliphatic heterocycles. The van der Waals surface area contributed by atoms with Gasteiger partial charge in [0.1, 0.15) is 17.9 Å². The lowest BCUT2D eigenvalue weighted by molar-refractivity contribution is 0.347. The van der Waals surface area contributed by atoms with Gasteiger partial charge in [0.2, 0.25) is 0 Å². The van der Waals surface area contributed by atoms with Crippen molar-refractivity contribution < 1.29 is 9.15 Å². The summed E-state index contributed by atoms with van der Waals surface area (Å²) >= 11 is 0. The van der Waals surface area contributed by atoms with Crippen molar-refractivity contribution in [1.29, 1.82) is 0 Å². The number of hydrogen-bond acceptors (Lipinski definition) is 3. The Hall–Kier alpha value is -2.03. The van der Waals surface area contributed by atoms with Crippen LogP contribution < -0.4 is 10.4 Å². The first-order valence-electron chi connectivity index (χ1n) is 5.52. The first-order valence-corrected chi connectivity index (χ1v) is 5.52. The first kappa shape index (κ1) is 10.1. The van der Waals surface area contributed by atoms with Crippen molar-refractivity contribution in [3.05, 3.63) is 45.3 Å². The van der Waals surface area contributed by atoms with Crippen LogP contribution in [0.5, 0.6) is 5.75 Å². The van der Waals surface area contributed by atoms with Gasteiger partial charge in [0, 0.05) is 11.5 Å². The fourth-order valence-electron chi connectivity index (χ4n) is 2.13. The molecule has 1 aromatic heterocycles. The van der Waals surface area contributed by atoms with E-state index in [0.717, 1.165) is 27.8 Å². The Morgan fingerprint density at radius 1 is 1.24 bits per heavy atom. The zero-order valence-corrected chi connectivity index (χ0v) is 9.74. The summed E-state index contributed by atoms with van der Waals surface area (Å²) in [6.45, 7) is 4.50. The van der Waals surface area contributed by atoms with Gasteiger partial charge in [-0.2, -0.15) is 0 Å². The summed E-state index contributed by atoms with van der Waals surface area (Å²) in [5.41, 5.74) is 3.21. The van der Waals surface area contributed by atoms with E-state index in [-0.39, 0.29) is 5.63 Å². The highest BCUT2D eigenvalue weighted by Gasteiger charge is 2.15. The maximum Gasteiger partial charge on any atom is 0.336 e. The molecule has 2 aromatic rings. The summed E-state index contributed by atoms with van der Waals surface area (Å²) in [6.07, 6.45) is 2.02. The van der Waals surface area contributed by atoms with E-state index in [1.165, 1.54) is 6.07 Å². The molecular weight excluding hydrogens is 216 g/mol. The number of hydrogen-bond donors (Lipinski definition) is 0. The molecular formula is C14H12O3. The normalized spacial score (nSPS) is 14.1. The van der Waals surface area contributed by atoms with Crippen molar-refractivity contribution >= 4 is 17.0 Å². The molecule has 3 rings (SSSR count). The molecule has 0 N–H and O–H groups in total. The minimum Gasteiger partial charge on any atom is -0.488 e. The second-order valence-corrected chi connectivity index (χ2v) is 4.38. The quantitative estimate of drug-likeness (QED) is 0.651. The summed E-state index contributed by atoms with van der Waals surface area (Å²) < 4.78 is 10.9. The molecule has 3 nitrogen and oxygen atoms in total. The van der Waals surface area contributed by atoms with Crippen molar-refractivity contribution in [1.82, 2.24) is 0 Å². The Kier molecular flexibility index (Phi) is 2.08. The Labute approximate surface area is 98.3 Å². The highest BCUT2D eigenvalue weighted by atomic mass is 16.5. The van der Waals surface area contributed by atoms with E-state index >= 15 is 0 Å². The molecule has 86 valence electrons. The molecule has 0 spiro atoms. The average molecular weight is 228 g/mol. The van der Waals surface area contributed by atoms with Gasteiger partial charge in [0.05, 0.1) is 5.56 Å². The van der Waals surface area contributed by atoms with Gasteiger partial charge in [-0.05, 0) is 43.2 Å². The van der Waals surface area contributed by atoms with Crippen LogP contribution in [0.25, 0.3) is 17.0 Å². The van der Waals surface area contributed by atoms with Crippen molar-refractivity contribution in [2.75, 3.05) is 6.61 Å². The van der Waals surface area contributed by atoms with Gasteiger partial charge in [0.15, 0.2) is 0 Å². The maximum absolute atomic E-state index is 11.4. The standard InChI is InChI=1S/C14H12O3/c1-8-5-11-12(16-7-8)4-3-10-9(2)6-13(15)17-14(10)11/h3-6H,7H2,1-2H3. The molecule has 1 aliphatic rings. The summed E-state index contributed by atoms with van der Waals surface area (Å²) in [5, 5.41) is 0.956. The zero-order valence-electron chi connectivity index (χ0n) is 9.74. The highest BCUT2D eigenvalue weighted by Crippen LogP contribution is 2.33. The topological polar surface area (TPSA) is 39.4 Å². The molecule has 0 saturated heterocycles. The van der Waals surface area contributed by atoms with Gasteiger partial charge in [-0.1, -0.05) is 0 Å². The lowest BCUT2D eigenvalue weighted by atomic mass is 10.0. The van der Waals surface area contributed by atoms with Crippen LogP contribution in [0.3, 0.4) is 0 Å². The minimum atomic E-state index is -0.319. The minimum absolute atomic E-state index is 0.319. The van der Waals surface area contributed by atoms with Gasteiger partial charge in [-0.25, -0.2) is 4.79 Å². The summed E-state index contributed by atoms with van der Waals surface area (Å²) in [4.78, 5) is 11.4. The van der Waals surface area contributed by atoms with E-state index in [4.69, 9.17) is 9.15 Å². The van der Waals surface area contributed by atoms with Crippen LogP contribution in [0.1, 0.15) is 18.1 Å². The largest absolute Gasteiger partial charge is 0.488 e. The lowest BCUT2D eigenvalue weighted by Gasteiger charge is -2.16. The smallest absolute Gasteiger partial charge is 0.336 e. The lowest BCUT2D eigenvalue weighted by Crippen LogP contribution is -2.07. The predicted octanol–water partition coefficient (Wildman–Crippen LogP) is 2.90. The Morgan fingerprint density at radius 2 is 2.06 bits per heavy atom. The number of ether oxygens (including phenoxy) is 1. The van der Waals surface area contributed by atoms with Crippen LogP contribution in [-0.2, 0) is 0 Å². The SMILES string of the molecule is CC1=Cc2c(ccc3c(C)cc(=O)oc23)OC1. The molecule has 0 aliphatic carbocycles. The van der Waals surface area contributed by atoms with Crippen LogP contribution in [0, 0.1) is 6.92 Å². The van der Waals surface area contributed by atoms with Gasteiger partial charge >= 0.3 is 5.63 Å². The van der Waals surface area contributed by atoms with Crippen molar-refractivity contribution in [2.24, 2.45) is 0 Å². The third-order valence-corrected chi connectivity index (χ3v) is 2.96. The van der Waals surface area contributed by atoms with E-state index < -0.39 is 0 Å². The molecule has 0 radical (unpaired) electrons. The zero-order chi connectivity index (χ0) is 12.0. The Bertz CT molecular complexity index is 692. The van der Waals surface area contributed by atoms with Crippen LogP contribution in [0.4, 0.5) is 0 Å². The first-order chi connectivity index (χ1) is 8.15. The molecule has 17 heavy (non-hydrogen) atoms. The second-order valence-electron chi connectivity index (χ2n) is 4.38. The third-order valence-electron chi connectivity index (χ3n) is 2.96. The van der Waals surface area contributed by atoms with Gasteiger partial charge < -0.3 is 9.15 Å². The van der Waals surface area contributed by atoms with Crippen molar-refractivity contribution in [3.8, 4) is 5.75 Å². The fourth-order valence-corrected chi connectivity index (χ4v) is 2.13. The Morgan fingerprint density at radius 3 is 2.88 bits per heavy atom. The number of aryl methyl sites for hydroxylation is 1. The average Bonchev–Trinajstić information content (AvgIpc) is 2.28. The summed E-state index contributed by atoms with van der Waals surface area (Å²) in [7, 11) is 0. The predicted molar refractivity (Wildman–Crippen MR) is 66.4 cm³/mol. The summed E-state index contributed by atoms with van der Waals surface area (Å²) in [6, 6.07) is 5.36. The van der Waals surface area contributed by atoms with E-state index in [0.29, 0.717) is 12.2 Å². The molecule has 0 amide bonds. The highest BCUT2D eigenvalue weighted by molar-refractivity contribution is 5.91. The number of fused-ring (bicyclic) bond motifs is 3. The van der Waals surface area contributed by atoms with E-state index in [1.54, 1.807) is 0 Å². The molecule has 0 unspecified atom stereocenters. The molecule has 0 fully saturated rings. The second kappa shape index (κ2) is 3.48. The van der Waals surface area contributed by atoms with Crippen LogP contribution >= 0.6 is 0 Å². The fraction of sp³-hybridized carbons (Fsp3) is 0.214. The Balaban J connectivity index is 2.46. The molecule has 2 heterocycles. The van der Waals surface area contributed by atoms with Gasteiger partial charge in [-0.3, -0.25) is 0 Å². The van der Waals surface area contributed by atoms with Gasteiger partial charge in [-0.15, -0.1) is 0 Å². The molecule has 1 aromatic carbocycles. The van der Waals surface area contributed by atoms with Crippen LogP contribution in [0.15, 0.2) is 33.0 Å². The third kappa shape index (κ3) is 1.55. The van der Waals surface area contributed by atoms with E-state index in [1.807, 2.05) is 32.1 Å². The van der Waals surface area contributed by atoms with Crippen LogP contribution in [0.2, 0.25) is 0 Å².